The standard InChI is InChI=1S/C17H23NO3/c1-11(8-12(2)19)15-9-13-14(10-18(15)3)17(21-5)7-6-16(13)20-4/h6-8,15H,9-10H2,1-5H3/b11-8+. The van der Waals surface area contributed by atoms with Gasteiger partial charge < -0.3 is 9.47 Å². The van der Waals surface area contributed by atoms with E-state index in [2.05, 4.69) is 11.9 Å². The minimum Gasteiger partial charge on any atom is -0.496 e. The van der Waals surface area contributed by atoms with Gasteiger partial charge in [0.05, 0.1) is 14.2 Å². The van der Waals surface area contributed by atoms with Crippen molar-refractivity contribution in [3.8, 4) is 11.5 Å². The predicted octanol–water partition coefficient (Wildman–Crippen LogP) is 2.60. The van der Waals surface area contributed by atoms with Crippen LogP contribution < -0.4 is 9.47 Å². The Bertz CT molecular complexity index is 578. The van der Waals surface area contributed by atoms with Crippen LogP contribution in [0.15, 0.2) is 23.8 Å². The third-order valence-corrected chi connectivity index (χ3v) is 4.08. The van der Waals surface area contributed by atoms with Crippen LogP contribution in [0.3, 0.4) is 0 Å². The number of likely N-dealkylation sites (N-methyl/N-ethyl adjacent to an activating group) is 1. The van der Waals surface area contributed by atoms with Crippen LogP contribution in [0.25, 0.3) is 0 Å². The van der Waals surface area contributed by atoms with Crippen molar-refractivity contribution in [3.63, 3.8) is 0 Å². The number of hydrogen-bond acceptors (Lipinski definition) is 4. The molecule has 4 nitrogen and oxygen atoms in total. The number of rotatable bonds is 4. The fourth-order valence-electron chi connectivity index (χ4n) is 3.06. The van der Waals surface area contributed by atoms with Gasteiger partial charge >= 0.3 is 0 Å². The average molecular weight is 289 g/mol. The van der Waals surface area contributed by atoms with Gasteiger partial charge in [-0.05, 0) is 45.5 Å². The number of carbonyl (C=O) groups excluding carboxylic acids is 1. The van der Waals surface area contributed by atoms with E-state index >= 15 is 0 Å². The Morgan fingerprint density at radius 2 is 1.76 bits per heavy atom. The predicted molar refractivity (Wildman–Crippen MR) is 82.9 cm³/mol. The number of fused-ring (bicyclic) bond motifs is 1. The highest BCUT2D eigenvalue weighted by molar-refractivity contribution is 5.88. The van der Waals surface area contributed by atoms with Crippen molar-refractivity contribution in [1.82, 2.24) is 4.90 Å². The molecule has 0 saturated carbocycles. The summed E-state index contributed by atoms with van der Waals surface area (Å²) < 4.78 is 11.0. The Hall–Kier alpha value is -1.81. The zero-order valence-electron chi connectivity index (χ0n) is 13.4. The second-order valence-corrected chi connectivity index (χ2v) is 5.56. The van der Waals surface area contributed by atoms with Gasteiger partial charge in [-0.25, -0.2) is 0 Å². The number of benzene rings is 1. The molecule has 0 bridgehead atoms. The third-order valence-electron chi connectivity index (χ3n) is 4.08. The molecule has 1 aliphatic rings. The van der Waals surface area contributed by atoms with Crippen LogP contribution in [-0.4, -0.2) is 38.0 Å². The first-order valence-electron chi connectivity index (χ1n) is 7.09. The molecule has 0 N–H and O–H groups in total. The fraction of sp³-hybridized carbons (Fsp3) is 0.471. The molecule has 0 aromatic heterocycles. The van der Waals surface area contributed by atoms with Gasteiger partial charge in [0.15, 0.2) is 5.78 Å². The van der Waals surface area contributed by atoms with Crippen LogP contribution >= 0.6 is 0 Å². The molecule has 1 aliphatic heterocycles. The Morgan fingerprint density at radius 3 is 2.29 bits per heavy atom. The van der Waals surface area contributed by atoms with Gasteiger partial charge in [-0.15, -0.1) is 0 Å². The molecule has 1 unspecified atom stereocenters. The van der Waals surface area contributed by atoms with E-state index in [1.165, 1.54) is 11.1 Å². The molecule has 4 heteroatoms. The van der Waals surface area contributed by atoms with E-state index in [9.17, 15) is 4.79 Å². The molecule has 114 valence electrons. The summed E-state index contributed by atoms with van der Waals surface area (Å²) in [4.78, 5) is 13.6. The maximum atomic E-state index is 11.3. The lowest BCUT2D eigenvalue weighted by Crippen LogP contribution is -2.38. The second-order valence-electron chi connectivity index (χ2n) is 5.56. The third kappa shape index (κ3) is 3.10. The molecule has 21 heavy (non-hydrogen) atoms. The molecule has 0 fully saturated rings. The summed E-state index contributed by atoms with van der Waals surface area (Å²) in [6.45, 7) is 4.38. The topological polar surface area (TPSA) is 38.8 Å². The van der Waals surface area contributed by atoms with Gasteiger partial charge in [-0.3, -0.25) is 9.69 Å². The number of ketones is 1. The number of hydrogen-bond donors (Lipinski definition) is 0. The number of methoxy groups -OCH3 is 2. The van der Waals surface area contributed by atoms with E-state index in [1.807, 2.05) is 19.1 Å². The van der Waals surface area contributed by atoms with Crippen molar-refractivity contribution in [2.45, 2.75) is 32.9 Å². The molecule has 0 amide bonds. The minimum absolute atomic E-state index is 0.0873. The first-order chi connectivity index (χ1) is 9.97. The lowest BCUT2D eigenvalue weighted by Gasteiger charge is -2.36. The average Bonchev–Trinajstić information content (AvgIpc) is 2.44. The molecule has 0 aliphatic carbocycles. The minimum atomic E-state index is 0.0873. The van der Waals surface area contributed by atoms with Crippen molar-refractivity contribution in [1.29, 1.82) is 0 Å². The van der Waals surface area contributed by atoms with Crippen molar-refractivity contribution in [2.75, 3.05) is 21.3 Å². The smallest absolute Gasteiger partial charge is 0.152 e. The van der Waals surface area contributed by atoms with Crippen molar-refractivity contribution in [2.24, 2.45) is 0 Å². The molecule has 1 aromatic carbocycles. The van der Waals surface area contributed by atoms with E-state index in [4.69, 9.17) is 9.47 Å². The van der Waals surface area contributed by atoms with Crippen LogP contribution in [0, 0.1) is 0 Å². The van der Waals surface area contributed by atoms with E-state index in [1.54, 1.807) is 27.2 Å². The van der Waals surface area contributed by atoms with Gasteiger partial charge in [-0.2, -0.15) is 0 Å². The first kappa shape index (κ1) is 15.6. The summed E-state index contributed by atoms with van der Waals surface area (Å²) in [7, 11) is 5.45. The van der Waals surface area contributed by atoms with Crippen molar-refractivity contribution < 1.29 is 14.3 Å². The lowest BCUT2D eigenvalue weighted by molar-refractivity contribution is -0.112. The summed E-state index contributed by atoms with van der Waals surface area (Å²) in [5.41, 5.74) is 3.43. The summed E-state index contributed by atoms with van der Waals surface area (Å²) in [6.07, 6.45) is 2.54. The molecule has 1 aromatic rings. The zero-order chi connectivity index (χ0) is 15.6. The summed E-state index contributed by atoms with van der Waals surface area (Å²) in [5.74, 6) is 1.87. The molecule has 1 atom stereocenters. The summed E-state index contributed by atoms with van der Waals surface area (Å²) in [5, 5.41) is 0. The Kier molecular flexibility index (Phi) is 4.68. The monoisotopic (exact) mass is 289 g/mol. The van der Waals surface area contributed by atoms with Crippen molar-refractivity contribution >= 4 is 5.78 Å². The first-order valence-corrected chi connectivity index (χ1v) is 7.09. The molecular formula is C17H23NO3. The highest BCUT2D eigenvalue weighted by Gasteiger charge is 2.29. The Balaban J connectivity index is 2.44. The van der Waals surface area contributed by atoms with Gasteiger partial charge in [0.1, 0.15) is 11.5 Å². The summed E-state index contributed by atoms with van der Waals surface area (Å²) in [6, 6.07) is 4.11. The fourth-order valence-corrected chi connectivity index (χ4v) is 3.06. The van der Waals surface area contributed by atoms with Crippen LogP contribution in [0.5, 0.6) is 11.5 Å². The molecule has 0 saturated heterocycles. The molecule has 1 heterocycles. The highest BCUT2D eigenvalue weighted by Crippen LogP contribution is 2.37. The number of allylic oxidation sites excluding steroid dienone is 1. The van der Waals surface area contributed by atoms with Crippen LogP contribution in [0.4, 0.5) is 0 Å². The molecule has 2 rings (SSSR count). The van der Waals surface area contributed by atoms with Gasteiger partial charge in [0, 0.05) is 23.7 Å². The largest absolute Gasteiger partial charge is 0.496 e. The highest BCUT2D eigenvalue weighted by atomic mass is 16.5. The van der Waals surface area contributed by atoms with Crippen molar-refractivity contribution in [3.05, 3.63) is 34.9 Å². The number of ether oxygens (including phenoxy) is 2. The Morgan fingerprint density at radius 1 is 1.19 bits per heavy atom. The van der Waals surface area contributed by atoms with Gasteiger partial charge in [0.25, 0.3) is 0 Å². The maximum Gasteiger partial charge on any atom is 0.152 e. The molecule has 0 radical (unpaired) electrons. The van der Waals surface area contributed by atoms with Gasteiger partial charge in [-0.1, -0.05) is 5.57 Å². The summed E-state index contributed by atoms with van der Waals surface area (Å²) >= 11 is 0. The molecule has 0 spiro atoms. The maximum absolute atomic E-state index is 11.3. The van der Waals surface area contributed by atoms with E-state index in [-0.39, 0.29) is 11.8 Å². The quantitative estimate of drug-likeness (QED) is 0.799. The van der Waals surface area contributed by atoms with Crippen LogP contribution in [0.1, 0.15) is 25.0 Å². The lowest BCUT2D eigenvalue weighted by atomic mass is 9.89. The normalized spacial score (nSPS) is 19.1. The van der Waals surface area contributed by atoms with Crippen LogP contribution in [-0.2, 0) is 17.8 Å². The number of carbonyl (C=O) groups is 1. The SMILES string of the molecule is COc1ccc(OC)c2c1CC(/C(C)=C/C(C)=O)N(C)C2. The second kappa shape index (κ2) is 6.31. The van der Waals surface area contributed by atoms with Gasteiger partial charge in [0.2, 0.25) is 0 Å². The number of nitrogens with zero attached hydrogens (tertiary/aromatic N) is 1. The van der Waals surface area contributed by atoms with E-state index < -0.39 is 0 Å². The van der Waals surface area contributed by atoms with Crippen LogP contribution in [0.2, 0.25) is 0 Å². The molecular weight excluding hydrogens is 266 g/mol. The zero-order valence-corrected chi connectivity index (χ0v) is 13.4. The van der Waals surface area contributed by atoms with E-state index in [0.717, 1.165) is 30.0 Å². The van der Waals surface area contributed by atoms with E-state index in [0.29, 0.717) is 0 Å². The Labute approximate surface area is 126 Å².